The summed E-state index contributed by atoms with van der Waals surface area (Å²) in [5, 5.41) is 7.33. The topological polar surface area (TPSA) is 79.8 Å². The Labute approximate surface area is 164 Å². The second-order valence-electron chi connectivity index (χ2n) is 7.18. The van der Waals surface area contributed by atoms with Crippen LogP contribution in [-0.2, 0) is 17.8 Å². The number of aryl methyl sites for hydroxylation is 2. The van der Waals surface area contributed by atoms with Crippen molar-refractivity contribution in [2.45, 2.75) is 46.7 Å². The number of carbonyl (C=O) groups is 1. The Hall–Kier alpha value is -3.15. The molecule has 2 heterocycles. The molecule has 0 aliphatic rings. The molecule has 0 spiro atoms. The van der Waals surface area contributed by atoms with E-state index in [0.29, 0.717) is 5.56 Å². The van der Waals surface area contributed by atoms with Crippen LogP contribution in [0.25, 0.3) is 0 Å². The van der Waals surface area contributed by atoms with Gasteiger partial charge in [-0.05, 0) is 44.9 Å². The van der Waals surface area contributed by atoms with Crippen LogP contribution in [0.4, 0.5) is 0 Å². The minimum Gasteiger partial charge on any atom is -0.352 e. The molecule has 28 heavy (non-hydrogen) atoms. The summed E-state index contributed by atoms with van der Waals surface area (Å²) in [7, 11) is 0. The van der Waals surface area contributed by atoms with Gasteiger partial charge in [0.1, 0.15) is 0 Å². The third kappa shape index (κ3) is 4.22. The quantitative estimate of drug-likeness (QED) is 0.692. The Bertz CT molecular complexity index is 1030. The van der Waals surface area contributed by atoms with Crippen molar-refractivity contribution in [3.8, 4) is 0 Å². The van der Waals surface area contributed by atoms with Gasteiger partial charge in [-0.1, -0.05) is 30.3 Å². The van der Waals surface area contributed by atoms with Gasteiger partial charge in [0.15, 0.2) is 0 Å². The van der Waals surface area contributed by atoms with E-state index in [0.717, 1.165) is 22.5 Å². The van der Waals surface area contributed by atoms with Crippen LogP contribution < -0.4 is 10.9 Å². The van der Waals surface area contributed by atoms with E-state index in [1.54, 1.807) is 6.20 Å². The molecular weight excluding hydrogens is 352 g/mol. The molecule has 1 amide bonds. The van der Waals surface area contributed by atoms with E-state index < -0.39 is 0 Å². The fourth-order valence-electron chi connectivity index (χ4n) is 3.42. The van der Waals surface area contributed by atoms with Crippen molar-refractivity contribution in [3.63, 3.8) is 0 Å². The molecule has 1 aromatic carbocycles. The van der Waals surface area contributed by atoms with Crippen LogP contribution in [0.5, 0.6) is 0 Å². The fraction of sp³-hybridized carbons (Fsp3) is 0.318. The van der Waals surface area contributed by atoms with Gasteiger partial charge in [-0.25, -0.2) is 0 Å². The second-order valence-corrected chi connectivity index (χ2v) is 7.18. The molecule has 1 unspecified atom stereocenters. The van der Waals surface area contributed by atoms with Crippen LogP contribution in [0.2, 0.25) is 0 Å². The highest BCUT2D eigenvalue weighted by molar-refractivity contribution is 5.78. The molecule has 0 aliphatic heterocycles. The molecule has 6 heteroatoms. The normalized spacial score (nSPS) is 12.0. The summed E-state index contributed by atoms with van der Waals surface area (Å²) in [6, 6.07) is 12.1. The Morgan fingerprint density at radius 3 is 2.61 bits per heavy atom. The first kappa shape index (κ1) is 19.6. The van der Waals surface area contributed by atoms with Crippen LogP contribution in [-0.4, -0.2) is 20.7 Å². The summed E-state index contributed by atoms with van der Waals surface area (Å²) in [5.41, 5.74) is 5.14. The largest absolute Gasteiger partial charge is 0.352 e. The average molecular weight is 378 g/mol. The van der Waals surface area contributed by atoms with Crippen molar-refractivity contribution in [1.29, 1.82) is 0 Å². The predicted octanol–water partition coefficient (Wildman–Crippen LogP) is 2.96. The van der Waals surface area contributed by atoms with Crippen molar-refractivity contribution >= 4 is 5.91 Å². The number of amides is 1. The van der Waals surface area contributed by atoms with Gasteiger partial charge in [0, 0.05) is 29.1 Å². The number of aromatic amines is 1. The molecule has 0 radical (unpaired) electrons. The van der Waals surface area contributed by atoms with Gasteiger partial charge in [0.25, 0.3) is 5.56 Å². The lowest BCUT2D eigenvalue weighted by molar-refractivity contribution is -0.120. The van der Waals surface area contributed by atoms with Crippen molar-refractivity contribution in [2.24, 2.45) is 0 Å². The maximum Gasteiger partial charge on any atom is 0.253 e. The lowest BCUT2D eigenvalue weighted by Crippen LogP contribution is -2.29. The summed E-state index contributed by atoms with van der Waals surface area (Å²) >= 11 is 0. The molecule has 3 rings (SSSR count). The van der Waals surface area contributed by atoms with E-state index >= 15 is 0 Å². The second kappa shape index (κ2) is 8.25. The number of rotatable bonds is 6. The summed E-state index contributed by atoms with van der Waals surface area (Å²) in [6.45, 7) is 8.00. The van der Waals surface area contributed by atoms with Crippen LogP contribution in [0.15, 0.2) is 47.4 Å². The Morgan fingerprint density at radius 2 is 1.93 bits per heavy atom. The zero-order valence-electron chi connectivity index (χ0n) is 16.7. The third-order valence-electron chi connectivity index (χ3n) is 5.10. The first-order valence-corrected chi connectivity index (χ1v) is 9.41. The van der Waals surface area contributed by atoms with Gasteiger partial charge in [-0.2, -0.15) is 5.10 Å². The molecule has 0 aliphatic carbocycles. The van der Waals surface area contributed by atoms with Gasteiger partial charge in [0.05, 0.1) is 18.7 Å². The number of pyridine rings is 1. The Kier molecular flexibility index (Phi) is 5.78. The molecule has 0 bridgehead atoms. The van der Waals surface area contributed by atoms with Crippen molar-refractivity contribution in [1.82, 2.24) is 20.1 Å². The molecule has 0 fully saturated rings. The summed E-state index contributed by atoms with van der Waals surface area (Å²) in [5.74, 6) is -0.130. The molecule has 2 N–H and O–H groups in total. The summed E-state index contributed by atoms with van der Waals surface area (Å²) in [4.78, 5) is 27.3. The van der Waals surface area contributed by atoms with E-state index in [-0.39, 0.29) is 30.5 Å². The molecule has 1 atom stereocenters. The maximum absolute atomic E-state index is 12.4. The highest BCUT2D eigenvalue weighted by Gasteiger charge is 2.16. The minimum absolute atomic E-state index is 0.0896. The number of hydrogen-bond donors (Lipinski definition) is 2. The van der Waals surface area contributed by atoms with Crippen LogP contribution in [0.3, 0.4) is 0 Å². The fourth-order valence-corrected chi connectivity index (χ4v) is 3.42. The number of H-pyrrole nitrogens is 1. The zero-order chi connectivity index (χ0) is 20.3. The SMILES string of the molecule is Cc1cc(C)c(CNC(=O)Cc2cnn(C(C)c3ccccc3)c2C)c(=O)[nH]1. The van der Waals surface area contributed by atoms with Gasteiger partial charge < -0.3 is 10.3 Å². The lowest BCUT2D eigenvalue weighted by atomic mass is 10.1. The van der Waals surface area contributed by atoms with Gasteiger partial charge in [-0.3, -0.25) is 14.3 Å². The number of carbonyl (C=O) groups excluding carboxylic acids is 1. The van der Waals surface area contributed by atoms with Crippen LogP contribution >= 0.6 is 0 Å². The van der Waals surface area contributed by atoms with Crippen LogP contribution in [0, 0.1) is 20.8 Å². The summed E-state index contributed by atoms with van der Waals surface area (Å²) in [6.07, 6.45) is 1.98. The first-order chi connectivity index (χ1) is 13.4. The number of nitrogens with one attached hydrogen (secondary N) is 2. The molecule has 6 nitrogen and oxygen atoms in total. The predicted molar refractivity (Wildman–Crippen MR) is 109 cm³/mol. The van der Waals surface area contributed by atoms with Crippen molar-refractivity contribution < 1.29 is 4.79 Å². The van der Waals surface area contributed by atoms with Crippen molar-refractivity contribution in [2.75, 3.05) is 0 Å². The van der Waals surface area contributed by atoms with Gasteiger partial charge >= 0.3 is 0 Å². The molecule has 0 saturated carbocycles. The minimum atomic E-state index is -0.154. The third-order valence-corrected chi connectivity index (χ3v) is 5.10. The number of benzene rings is 1. The van der Waals surface area contributed by atoms with E-state index in [1.165, 1.54) is 5.56 Å². The maximum atomic E-state index is 12.4. The molecule has 2 aromatic heterocycles. The first-order valence-electron chi connectivity index (χ1n) is 9.41. The average Bonchev–Trinajstić information content (AvgIpc) is 3.01. The van der Waals surface area contributed by atoms with E-state index in [2.05, 4.69) is 34.5 Å². The highest BCUT2D eigenvalue weighted by Crippen LogP contribution is 2.20. The smallest absolute Gasteiger partial charge is 0.253 e. The summed E-state index contributed by atoms with van der Waals surface area (Å²) < 4.78 is 1.94. The molecular formula is C22H26N4O2. The van der Waals surface area contributed by atoms with E-state index in [1.807, 2.05) is 49.7 Å². The van der Waals surface area contributed by atoms with E-state index in [9.17, 15) is 9.59 Å². The van der Waals surface area contributed by atoms with Gasteiger partial charge in [-0.15, -0.1) is 0 Å². The zero-order valence-corrected chi connectivity index (χ0v) is 16.7. The van der Waals surface area contributed by atoms with Crippen LogP contribution in [0.1, 0.15) is 46.6 Å². The standard InChI is InChI=1S/C22H26N4O2/c1-14-10-15(2)25-22(28)20(14)13-23-21(27)11-19-12-24-26(17(19)4)16(3)18-8-6-5-7-9-18/h5-10,12,16H,11,13H2,1-4H3,(H,23,27)(H,25,28). The van der Waals surface area contributed by atoms with Crippen molar-refractivity contribution in [3.05, 3.63) is 86.6 Å². The monoisotopic (exact) mass is 378 g/mol. The number of nitrogens with zero attached hydrogens (tertiary/aromatic N) is 2. The molecule has 146 valence electrons. The lowest BCUT2D eigenvalue weighted by Gasteiger charge is -2.15. The highest BCUT2D eigenvalue weighted by atomic mass is 16.1. The Morgan fingerprint density at radius 1 is 1.21 bits per heavy atom. The Balaban J connectivity index is 1.67. The number of hydrogen-bond acceptors (Lipinski definition) is 3. The number of aromatic nitrogens is 3. The van der Waals surface area contributed by atoms with Gasteiger partial charge in [0.2, 0.25) is 5.91 Å². The molecule has 0 saturated heterocycles. The van der Waals surface area contributed by atoms with E-state index in [4.69, 9.17) is 0 Å². The molecule has 3 aromatic rings.